The quantitative estimate of drug-likeness (QED) is 0.352. The topological polar surface area (TPSA) is 39.7 Å². The third-order valence-corrected chi connectivity index (χ3v) is 5.39. The standard InChI is InChI=1S/C24H25BrClNO3/c1-28-23-8-6-17(13-24(23)29-2)10-11-27-15-19-14-20(25)7-9-22(19)30-16-18-4-3-5-21(26)12-18/h3-9,12-14,27H,10-11,15-16H2,1-2H3. The van der Waals surface area contributed by atoms with Gasteiger partial charge in [0.25, 0.3) is 0 Å². The van der Waals surface area contributed by atoms with Crippen LogP contribution in [0.4, 0.5) is 0 Å². The highest BCUT2D eigenvalue weighted by Crippen LogP contribution is 2.28. The van der Waals surface area contributed by atoms with E-state index in [4.69, 9.17) is 25.8 Å². The van der Waals surface area contributed by atoms with Gasteiger partial charge in [0.1, 0.15) is 12.4 Å². The lowest BCUT2D eigenvalue weighted by molar-refractivity contribution is 0.302. The molecular formula is C24H25BrClNO3. The Morgan fingerprint density at radius 3 is 2.43 bits per heavy atom. The zero-order valence-corrected chi connectivity index (χ0v) is 19.4. The highest BCUT2D eigenvalue weighted by molar-refractivity contribution is 9.10. The van der Waals surface area contributed by atoms with E-state index in [1.54, 1.807) is 14.2 Å². The summed E-state index contributed by atoms with van der Waals surface area (Å²) in [6.45, 7) is 2.01. The van der Waals surface area contributed by atoms with Crippen molar-refractivity contribution >= 4 is 27.5 Å². The number of ether oxygens (including phenoxy) is 3. The monoisotopic (exact) mass is 489 g/mol. The molecule has 30 heavy (non-hydrogen) atoms. The second-order valence-electron chi connectivity index (χ2n) is 6.79. The summed E-state index contributed by atoms with van der Waals surface area (Å²) >= 11 is 9.61. The molecule has 1 N–H and O–H groups in total. The summed E-state index contributed by atoms with van der Waals surface area (Å²) in [6.07, 6.45) is 0.882. The van der Waals surface area contributed by atoms with Gasteiger partial charge in [-0.25, -0.2) is 0 Å². The first kappa shape index (κ1) is 22.5. The maximum Gasteiger partial charge on any atom is 0.160 e. The predicted octanol–water partition coefficient (Wildman–Crippen LogP) is 6.03. The van der Waals surface area contributed by atoms with Gasteiger partial charge in [-0.15, -0.1) is 0 Å². The van der Waals surface area contributed by atoms with Crippen LogP contribution in [0.1, 0.15) is 16.7 Å². The summed E-state index contributed by atoms with van der Waals surface area (Å²) in [5, 5.41) is 4.21. The Labute approximate surface area is 191 Å². The molecule has 0 amide bonds. The maximum absolute atomic E-state index is 6.06. The van der Waals surface area contributed by atoms with Gasteiger partial charge in [-0.1, -0.05) is 45.7 Å². The van der Waals surface area contributed by atoms with Gasteiger partial charge < -0.3 is 19.5 Å². The lowest BCUT2D eigenvalue weighted by Crippen LogP contribution is -2.17. The van der Waals surface area contributed by atoms with Crippen LogP contribution in [0.15, 0.2) is 65.1 Å². The van der Waals surface area contributed by atoms with E-state index in [-0.39, 0.29) is 0 Å². The molecule has 0 atom stereocenters. The van der Waals surface area contributed by atoms with Crippen LogP contribution in [0.3, 0.4) is 0 Å². The Bertz CT molecular complexity index is 980. The Morgan fingerprint density at radius 2 is 1.67 bits per heavy atom. The Hall–Kier alpha value is -2.21. The minimum Gasteiger partial charge on any atom is -0.493 e. The summed E-state index contributed by atoms with van der Waals surface area (Å²) in [4.78, 5) is 0. The van der Waals surface area contributed by atoms with Crippen molar-refractivity contribution in [1.82, 2.24) is 5.32 Å². The van der Waals surface area contributed by atoms with Crippen molar-refractivity contribution in [3.8, 4) is 17.2 Å². The van der Waals surface area contributed by atoms with Gasteiger partial charge in [0, 0.05) is 21.6 Å². The molecule has 0 bridgehead atoms. The molecule has 3 aromatic rings. The molecule has 0 spiro atoms. The second kappa shape index (κ2) is 11.3. The van der Waals surface area contributed by atoms with Crippen LogP contribution in [0.5, 0.6) is 17.2 Å². The van der Waals surface area contributed by atoms with E-state index in [1.165, 1.54) is 5.56 Å². The van der Waals surface area contributed by atoms with Crippen LogP contribution < -0.4 is 19.5 Å². The van der Waals surface area contributed by atoms with Crippen molar-refractivity contribution in [1.29, 1.82) is 0 Å². The smallest absolute Gasteiger partial charge is 0.160 e. The molecule has 3 rings (SSSR count). The molecular weight excluding hydrogens is 466 g/mol. The molecule has 0 unspecified atom stereocenters. The Balaban J connectivity index is 1.56. The average Bonchev–Trinajstić information content (AvgIpc) is 2.76. The van der Waals surface area contributed by atoms with Crippen molar-refractivity contribution in [2.75, 3.05) is 20.8 Å². The largest absolute Gasteiger partial charge is 0.493 e. The van der Waals surface area contributed by atoms with E-state index < -0.39 is 0 Å². The molecule has 0 aliphatic carbocycles. The van der Waals surface area contributed by atoms with Crippen LogP contribution in [0, 0.1) is 0 Å². The third kappa shape index (κ3) is 6.39. The van der Waals surface area contributed by atoms with Gasteiger partial charge >= 0.3 is 0 Å². The number of hydrogen-bond acceptors (Lipinski definition) is 4. The highest BCUT2D eigenvalue weighted by atomic mass is 79.9. The number of halogens is 2. The number of nitrogens with one attached hydrogen (secondary N) is 1. The molecule has 3 aromatic carbocycles. The molecule has 4 nitrogen and oxygen atoms in total. The molecule has 0 saturated heterocycles. The van der Waals surface area contributed by atoms with E-state index in [9.17, 15) is 0 Å². The lowest BCUT2D eigenvalue weighted by atomic mass is 10.1. The van der Waals surface area contributed by atoms with E-state index in [0.29, 0.717) is 18.2 Å². The molecule has 0 aliphatic rings. The summed E-state index contributed by atoms with van der Waals surface area (Å²) in [5.74, 6) is 2.35. The van der Waals surface area contributed by atoms with Crippen molar-refractivity contribution in [2.45, 2.75) is 19.6 Å². The number of hydrogen-bond donors (Lipinski definition) is 1. The Morgan fingerprint density at radius 1 is 0.867 bits per heavy atom. The van der Waals surface area contributed by atoms with Crippen molar-refractivity contribution in [3.63, 3.8) is 0 Å². The van der Waals surface area contributed by atoms with E-state index in [0.717, 1.165) is 45.8 Å². The molecule has 0 saturated carbocycles. The van der Waals surface area contributed by atoms with Gasteiger partial charge in [0.2, 0.25) is 0 Å². The molecule has 0 aliphatic heterocycles. The second-order valence-corrected chi connectivity index (χ2v) is 8.14. The van der Waals surface area contributed by atoms with Crippen LogP contribution in [-0.4, -0.2) is 20.8 Å². The van der Waals surface area contributed by atoms with Crippen LogP contribution in [0.2, 0.25) is 5.02 Å². The van der Waals surface area contributed by atoms with Gasteiger partial charge in [-0.2, -0.15) is 0 Å². The highest BCUT2D eigenvalue weighted by Gasteiger charge is 2.07. The Kier molecular flexibility index (Phi) is 8.43. The first-order chi connectivity index (χ1) is 14.6. The van der Waals surface area contributed by atoms with E-state index >= 15 is 0 Å². The summed E-state index contributed by atoms with van der Waals surface area (Å²) in [7, 11) is 3.29. The minimum absolute atomic E-state index is 0.473. The molecule has 158 valence electrons. The fourth-order valence-electron chi connectivity index (χ4n) is 3.11. The molecule has 0 fully saturated rings. The lowest BCUT2D eigenvalue weighted by Gasteiger charge is -2.14. The SMILES string of the molecule is COc1ccc(CCNCc2cc(Br)ccc2OCc2cccc(Cl)c2)cc1OC. The van der Waals surface area contributed by atoms with Gasteiger partial charge in [0.05, 0.1) is 14.2 Å². The van der Waals surface area contributed by atoms with Crippen molar-refractivity contribution in [3.05, 3.63) is 86.8 Å². The molecule has 0 aromatic heterocycles. The fraction of sp³-hybridized carbons (Fsp3) is 0.250. The average molecular weight is 491 g/mol. The van der Waals surface area contributed by atoms with Gasteiger partial charge in [0.15, 0.2) is 11.5 Å². The minimum atomic E-state index is 0.473. The van der Waals surface area contributed by atoms with Crippen LogP contribution in [0.25, 0.3) is 0 Å². The summed E-state index contributed by atoms with van der Waals surface area (Å²) in [5.41, 5.74) is 3.32. The van der Waals surface area contributed by atoms with E-state index in [1.807, 2.05) is 48.5 Å². The van der Waals surface area contributed by atoms with Crippen molar-refractivity contribution in [2.24, 2.45) is 0 Å². The summed E-state index contributed by atoms with van der Waals surface area (Å²) in [6, 6.07) is 19.8. The first-order valence-corrected chi connectivity index (χ1v) is 10.8. The van der Waals surface area contributed by atoms with Gasteiger partial charge in [-0.3, -0.25) is 0 Å². The molecule has 0 heterocycles. The molecule has 0 radical (unpaired) electrons. The molecule has 6 heteroatoms. The van der Waals surface area contributed by atoms with Crippen LogP contribution >= 0.6 is 27.5 Å². The van der Waals surface area contributed by atoms with Crippen molar-refractivity contribution < 1.29 is 14.2 Å². The third-order valence-electron chi connectivity index (χ3n) is 4.66. The predicted molar refractivity (Wildman–Crippen MR) is 125 cm³/mol. The maximum atomic E-state index is 6.06. The van der Waals surface area contributed by atoms with E-state index in [2.05, 4.69) is 33.4 Å². The normalized spacial score (nSPS) is 10.7. The fourth-order valence-corrected chi connectivity index (χ4v) is 3.73. The number of benzene rings is 3. The van der Waals surface area contributed by atoms with Crippen LogP contribution in [-0.2, 0) is 19.6 Å². The first-order valence-electron chi connectivity index (χ1n) is 9.66. The number of methoxy groups -OCH3 is 2. The summed E-state index contributed by atoms with van der Waals surface area (Å²) < 4.78 is 17.7. The zero-order valence-electron chi connectivity index (χ0n) is 17.1. The van der Waals surface area contributed by atoms with Gasteiger partial charge in [-0.05, 0) is 66.6 Å². The number of rotatable bonds is 10. The zero-order chi connectivity index (χ0) is 21.3.